The van der Waals surface area contributed by atoms with E-state index in [4.69, 9.17) is 32.7 Å². The van der Waals surface area contributed by atoms with Crippen molar-refractivity contribution in [3.8, 4) is 11.5 Å². The lowest BCUT2D eigenvalue weighted by molar-refractivity contribution is -0.140. The Bertz CT molecular complexity index is 1280. The summed E-state index contributed by atoms with van der Waals surface area (Å²) in [5.41, 5.74) is 0.598. The number of hydrogen-bond donors (Lipinski definition) is 1. The maximum Gasteiger partial charge on any atom is 0.244 e. The first kappa shape index (κ1) is 31.8. The van der Waals surface area contributed by atoms with E-state index in [1.54, 1.807) is 37.3 Å². The molecule has 0 radical (unpaired) electrons. The molecular weight excluding hydrogens is 577 g/mol. The third-order valence-corrected chi connectivity index (χ3v) is 8.90. The summed E-state index contributed by atoms with van der Waals surface area (Å²) >= 11 is 12.9. The highest BCUT2D eigenvalue weighted by molar-refractivity contribution is 7.92. The van der Waals surface area contributed by atoms with Gasteiger partial charge in [-0.15, -0.1) is 0 Å². The van der Waals surface area contributed by atoms with Crippen LogP contribution in [0.25, 0.3) is 0 Å². The summed E-state index contributed by atoms with van der Waals surface area (Å²) in [5.74, 6) is -0.274. The summed E-state index contributed by atoms with van der Waals surface area (Å²) in [6.07, 6.45) is 6.26. The Kier molecular flexibility index (Phi) is 11.4. The number of benzene rings is 2. The molecule has 12 heteroatoms. The van der Waals surface area contributed by atoms with Crippen LogP contribution < -0.4 is 19.1 Å². The fraction of sp³-hybridized carbons (Fsp3) is 0.500. The van der Waals surface area contributed by atoms with E-state index >= 15 is 0 Å². The van der Waals surface area contributed by atoms with Gasteiger partial charge in [-0.3, -0.25) is 13.9 Å². The van der Waals surface area contributed by atoms with Crippen LogP contribution in [0.3, 0.4) is 0 Å². The molecule has 2 amide bonds. The Balaban J connectivity index is 2.02. The lowest BCUT2D eigenvalue weighted by Gasteiger charge is -2.34. The molecule has 0 aromatic heterocycles. The van der Waals surface area contributed by atoms with Crippen LogP contribution in [0.15, 0.2) is 36.4 Å². The lowest BCUT2D eigenvalue weighted by Crippen LogP contribution is -2.54. The van der Waals surface area contributed by atoms with Crippen LogP contribution in [0.4, 0.5) is 5.69 Å². The number of nitrogens with zero attached hydrogens (tertiary/aromatic N) is 2. The second kappa shape index (κ2) is 14.3. The van der Waals surface area contributed by atoms with Gasteiger partial charge in [0.05, 0.1) is 26.2 Å². The van der Waals surface area contributed by atoms with Gasteiger partial charge in [-0.1, -0.05) is 55.5 Å². The van der Waals surface area contributed by atoms with E-state index in [1.807, 2.05) is 0 Å². The van der Waals surface area contributed by atoms with Crippen molar-refractivity contribution < 1.29 is 27.5 Å². The van der Waals surface area contributed by atoms with Gasteiger partial charge < -0.3 is 19.7 Å². The van der Waals surface area contributed by atoms with Crippen molar-refractivity contribution in [1.82, 2.24) is 10.2 Å². The molecule has 1 fully saturated rings. The molecular formula is C28H37Cl2N3O6S. The minimum Gasteiger partial charge on any atom is -0.497 e. The highest BCUT2D eigenvalue weighted by Gasteiger charge is 2.34. The summed E-state index contributed by atoms with van der Waals surface area (Å²) < 4.78 is 37.6. The first-order valence-corrected chi connectivity index (χ1v) is 15.8. The molecule has 1 N–H and O–H groups in total. The molecule has 40 heavy (non-hydrogen) atoms. The molecule has 0 spiro atoms. The Hall–Kier alpha value is -2.69. The topological polar surface area (TPSA) is 105 Å². The zero-order valence-corrected chi connectivity index (χ0v) is 25.6. The molecule has 2 aromatic rings. The largest absolute Gasteiger partial charge is 0.497 e. The third kappa shape index (κ3) is 7.95. The lowest BCUT2D eigenvalue weighted by atomic mass is 9.95. The molecule has 9 nitrogen and oxygen atoms in total. The van der Waals surface area contributed by atoms with Crippen molar-refractivity contribution in [2.24, 2.45) is 0 Å². The van der Waals surface area contributed by atoms with Gasteiger partial charge in [0, 0.05) is 34.3 Å². The fourth-order valence-electron chi connectivity index (χ4n) is 4.90. The zero-order valence-electron chi connectivity index (χ0n) is 23.3. The van der Waals surface area contributed by atoms with E-state index in [9.17, 15) is 18.0 Å². The smallest absolute Gasteiger partial charge is 0.244 e. The Morgan fingerprint density at radius 1 is 1.05 bits per heavy atom. The first-order valence-electron chi connectivity index (χ1n) is 13.2. The molecule has 1 saturated carbocycles. The van der Waals surface area contributed by atoms with Crippen LogP contribution in [0.2, 0.25) is 10.0 Å². The van der Waals surface area contributed by atoms with E-state index in [0.717, 1.165) is 42.7 Å². The fourth-order valence-corrected chi connectivity index (χ4v) is 6.27. The maximum atomic E-state index is 14.0. The number of carbonyl (C=O) groups is 2. The molecule has 2 aromatic carbocycles. The van der Waals surface area contributed by atoms with Crippen LogP contribution in [0.1, 0.15) is 51.0 Å². The molecule has 1 aliphatic rings. The normalized spacial score (nSPS) is 14.8. The van der Waals surface area contributed by atoms with Crippen LogP contribution in [0, 0.1) is 0 Å². The van der Waals surface area contributed by atoms with Gasteiger partial charge in [0.25, 0.3) is 0 Å². The molecule has 0 aliphatic heterocycles. The summed E-state index contributed by atoms with van der Waals surface area (Å²) in [7, 11) is -1.11. The Labute approximate surface area is 246 Å². The molecule has 3 rings (SSSR count). The number of nitrogens with one attached hydrogen (secondary N) is 1. The summed E-state index contributed by atoms with van der Waals surface area (Å²) in [5, 5.41) is 3.77. The van der Waals surface area contributed by atoms with Crippen molar-refractivity contribution >= 4 is 50.7 Å². The number of carbonyl (C=O) groups excluding carboxylic acids is 2. The number of rotatable bonds is 12. The van der Waals surface area contributed by atoms with Gasteiger partial charge in [-0.25, -0.2) is 8.42 Å². The Morgan fingerprint density at radius 2 is 1.70 bits per heavy atom. The van der Waals surface area contributed by atoms with Crippen molar-refractivity contribution in [1.29, 1.82) is 0 Å². The quantitative estimate of drug-likeness (QED) is 0.360. The SMILES string of the molecule is CCC(C(=O)NC1CCCCC1)N(Cc1c(Cl)cccc1Cl)C(=O)CN(c1cc(OC)ccc1OC)S(C)(=O)=O. The number of sulfonamides is 1. The molecule has 1 atom stereocenters. The third-order valence-electron chi connectivity index (χ3n) is 7.06. The van der Waals surface area contributed by atoms with Crippen molar-refractivity contribution in [2.75, 3.05) is 31.3 Å². The Morgan fingerprint density at radius 3 is 2.25 bits per heavy atom. The van der Waals surface area contributed by atoms with Crippen LogP contribution in [-0.2, 0) is 26.2 Å². The summed E-state index contributed by atoms with van der Waals surface area (Å²) in [6, 6.07) is 8.81. The first-order chi connectivity index (χ1) is 19.0. The molecule has 0 saturated heterocycles. The van der Waals surface area contributed by atoms with Gasteiger partial charge in [0.1, 0.15) is 24.1 Å². The van der Waals surface area contributed by atoms with Gasteiger partial charge in [0.15, 0.2) is 0 Å². The van der Waals surface area contributed by atoms with Crippen LogP contribution in [-0.4, -0.2) is 64.2 Å². The number of ether oxygens (including phenoxy) is 2. The highest BCUT2D eigenvalue weighted by Crippen LogP contribution is 2.34. The minimum atomic E-state index is -3.97. The van der Waals surface area contributed by atoms with E-state index in [0.29, 0.717) is 27.8 Å². The van der Waals surface area contributed by atoms with E-state index in [-0.39, 0.29) is 29.9 Å². The maximum absolute atomic E-state index is 14.0. The predicted octanol–water partition coefficient (Wildman–Crippen LogP) is 5.03. The average Bonchev–Trinajstić information content (AvgIpc) is 2.92. The number of hydrogen-bond acceptors (Lipinski definition) is 6. The van der Waals surface area contributed by atoms with Gasteiger partial charge >= 0.3 is 0 Å². The van der Waals surface area contributed by atoms with Gasteiger partial charge in [-0.2, -0.15) is 0 Å². The number of amides is 2. The summed E-state index contributed by atoms with van der Waals surface area (Å²) in [6.45, 7) is 1.14. The van der Waals surface area contributed by atoms with E-state index in [2.05, 4.69) is 5.32 Å². The second-order valence-electron chi connectivity index (χ2n) is 9.80. The van der Waals surface area contributed by atoms with Gasteiger partial charge in [-0.05, 0) is 43.5 Å². The van der Waals surface area contributed by atoms with Crippen molar-refractivity contribution in [3.63, 3.8) is 0 Å². The van der Waals surface area contributed by atoms with Crippen LogP contribution in [0.5, 0.6) is 11.5 Å². The minimum absolute atomic E-state index is 0.0321. The average molecular weight is 615 g/mol. The highest BCUT2D eigenvalue weighted by atomic mass is 35.5. The van der Waals surface area contributed by atoms with Gasteiger partial charge in [0.2, 0.25) is 21.8 Å². The monoisotopic (exact) mass is 613 g/mol. The predicted molar refractivity (Wildman–Crippen MR) is 158 cm³/mol. The number of methoxy groups -OCH3 is 2. The second-order valence-corrected chi connectivity index (χ2v) is 12.5. The number of halogens is 2. The molecule has 1 unspecified atom stereocenters. The standard InChI is InChI=1S/C28H37Cl2N3O6S/c1-5-24(28(35)31-19-10-7-6-8-11-19)32(17-21-22(29)12-9-13-23(21)30)27(34)18-33(40(4,36)37)25-16-20(38-2)14-15-26(25)39-3/h9,12-16,19,24H,5-8,10-11,17-18H2,1-4H3,(H,31,35). The van der Waals surface area contributed by atoms with E-state index in [1.165, 1.54) is 25.2 Å². The number of anilines is 1. The molecule has 1 aliphatic carbocycles. The zero-order chi connectivity index (χ0) is 29.4. The molecule has 220 valence electrons. The van der Waals surface area contributed by atoms with Crippen molar-refractivity contribution in [2.45, 2.75) is 64.1 Å². The summed E-state index contributed by atoms with van der Waals surface area (Å²) in [4.78, 5) is 28.9. The molecule has 0 heterocycles. The molecule has 0 bridgehead atoms. The van der Waals surface area contributed by atoms with Crippen molar-refractivity contribution in [3.05, 3.63) is 52.0 Å². The van der Waals surface area contributed by atoms with Crippen LogP contribution >= 0.6 is 23.2 Å². The van der Waals surface area contributed by atoms with E-state index < -0.39 is 28.5 Å².